The average Bonchev–Trinajstić information content (AvgIpc) is 2.48. The van der Waals surface area contributed by atoms with Gasteiger partial charge < -0.3 is 10.6 Å². The van der Waals surface area contributed by atoms with Gasteiger partial charge in [0.15, 0.2) is 0 Å². The van der Waals surface area contributed by atoms with E-state index in [1.165, 1.54) is 44.6 Å². The van der Waals surface area contributed by atoms with Crippen LogP contribution in [0, 0.1) is 17.7 Å². The molecule has 2 rings (SSSR count). The van der Waals surface area contributed by atoms with E-state index >= 15 is 0 Å². The third kappa shape index (κ3) is 4.00. The summed E-state index contributed by atoms with van der Waals surface area (Å²) in [5.41, 5.74) is 7.03. The molecule has 0 spiro atoms. The van der Waals surface area contributed by atoms with Crippen LogP contribution in [0.4, 0.5) is 4.39 Å². The lowest BCUT2D eigenvalue weighted by Crippen LogP contribution is -2.39. The number of nitrogens with two attached hydrogens (primary N) is 1. The van der Waals surface area contributed by atoms with Crippen LogP contribution in [0.1, 0.15) is 44.8 Å². The smallest absolute Gasteiger partial charge is 0.141 e. The number of nitrogens with zero attached hydrogens (tertiary/aromatic N) is 2. The van der Waals surface area contributed by atoms with Gasteiger partial charge in [-0.2, -0.15) is 0 Å². The van der Waals surface area contributed by atoms with Crippen LogP contribution >= 0.6 is 0 Å². The Labute approximate surface area is 121 Å². The largest absolute Gasteiger partial charge is 0.322 e. The highest BCUT2D eigenvalue weighted by Gasteiger charge is 2.23. The van der Waals surface area contributed by atoms with E-state index in [1.807, 2.05) is 0 Å². The number of piperidine rings is 1. The van der Waals surface area contributed by atoms with Crippen molar-refractivity contribution in [2.45, 2.75) is 39.2 Å². The van der Waals surface area contributed by atoms with Crippen LogP contribution in [-0.4, -0.2) is 29.5 Å². The fourth-order valence-electron chi connectivity index (χ4n) is 2.97. The number of halogens is 1. The lowest BCUT2D eigenvalue weighted by atomic mass is 9.92. The topological polar surface area (TPSA) is 42.1 Å². The molecule has 0 saturated carbocycles. The zero-order valence-corrected chi connectivity index (χ0v) is 12.6. The minimum absolute atomic E-state index is 0.125. The molecule has 0 aliphatic carbocycles. The highest BCUT2D eigenvalue weighted by atomic mass is 19.1. The molecule has 1 aromatic rings. The summed E-state index contributed by atoms with van der Waals surface area (Å²) in [7, 11) is 0. The first-order valence-electron chi connectivity index (χ1n) is 7.69. The van der Waals surface area contributed by atoms with Crippen LogP contribution in [-0.2, 0) is 0 Å². The van der Waals surface area contributed by atoms with Crippen LogP contribution in [0.5, 0.6) is 0 Å². The monoisotopic (exact) mass is 279 g/mol. The number of hydrogen-bond donors (Lipinski definition) is 1. The van der Waals surface area contributed by atoms with Crippen molar-refractivity contribution in [3.05, 3.63) is 29.8 Å². The van der Waals surface area contributed by atoms with Gasteiger partial charge in [-0.25, -0.2) is 4.39 Å². The quantitative estimate of drug-likeness (QED) is 0.901. The van der Waals surface area contributed by atoms with Crippen LogP contribution in [0.3, 0.4) is 0 Å². The summed E-state index contributed by atoms with van der Waals surface area (Å²) in [6, 6.07) is 3.00. The summed E-state index contributed by atoms with van der Waals surface area (Å²) in [6.45, 7) is 7.77. The summed E-state index contributed by atoms with van der Waals surface area (Å²) in [5, 5.41) is 0. The molecule has 3 nitrogen and oxygen atoms in total. The van der Waals surface area contributed by atoms with Crippen LogP contribution in [0.2, 0.25) is 0 Å². The van der Waals surface area contributed by atoms with E-state index in [-0.39, 0.29) is 11.9 Å². The van der Waals surface area contributed by atoms with Gasteiger partial charge in [0.2, 0.25) is 0 Å². The second kappa shape index (κ2) is 7.14. The molecule has 0 aromatic carbocycles. The zero-order chi connectivity index (χ0) is 14.5. The molecule has 0 radical (unpaired) electrons. The SMILES string of the molecule is CCC1CCN(CC(C)C(N)c2ccc(F)cn2)CC1. The highest BCUT2D eigenvalue weighted by molar-refractivity contribution is 5.10. The van der Waals surface area contributed by atoms with Gasteiger partial charge in [0.1, 0.15) is 5.82 Å². The van der Waals surface area contributed by atoms with E-state index in [2.05, 4.69) is 23.7 Å². The summed E-state index contributed by atoms with van der Waals surface area (Å²) in [4.78, 5) is 6.60. The van der Waals surface area contributed by atoms with Crippen molar-refractivity contribution in [3.8, 4) is 0 Å². The second-order valence-electron chi connectivity index (χ2n) is 6.06. The van der Waals surface area contributed by atoms with E-state index in [4.69, 9.17) is 5.73 Å². The first-order valence-corrected chi connectivity index (χ1v) is 7.69. The molecule has 1 fully saturated rings. The standard InChI is InChI=1S/C16H26FN3/c1-3-13-6-8-20(9-7-13)11-12(2)16(18)15-5-4-14(17)10-19-15/h4-5,10,12-13,16H,3,6-9,11,18H2,1-2H3. The number of aromatic nitrogens is 1. The minimum Gasteiger partial charge on any atom is -0.322 e. The average molecular weight is 279 g/mol. The van der Waals surface area contributed by atoms with Crippen LogP contribution < -0.4 is 5.73 Å². The third-order valence-electron chi connectivity index (χ3n) is 4.54. The molecule has 2 unspecified atom stereocenters. The van der Waals surface area contributed by atoms with E-state index in [0.717, 1.165) is 18.2 Å². The van der Waals surface area contributed by atoms with E-state index in [9.17, 15) is 4.39 Å². The molecule has 2 N–H and O–H groups in total. The Kier molecular flexibility index (Phi) is 5.49. The molecule has 1 aromatic heterocycles. The summed E-state index contributed by atoms with van der Waals surface area (Å²) in [6.07, 6.45) is 5.14. The Hall–Kier alpha value is -1.00. The number of hydrogen-bond acceptors (Lipinski definition) is 3. The Bertz CT molecular complexity index is 399. The van der Waals surface area contributed by atoms with Crippen molar-refractivity contribution in [3.63, 3.8) is 0 Å². The van der Waals surface area contributed by atoms with Crippen molar-refractivity contribution < 1.29 is 4.39 Å². The molecule has 1 saturated heterocycles. The van der Waals surface area contributed by atoms with Gasteiger partial charge in [0.25, 0.3) is 0 Å². The number of likely N-dealkylation sites (tertiary alicyclic amines) is 1. The second-order valence-corrected chi connectivity index (χ2v) is 6.06. The highest BCUT2D eigenvalue weighted by Crippen LogP contribution is 2.23. The molecule has 2 atom stereocenters. The lowest BCUT2D eigenvalue weighted by molar-refractivity contribution is 0.154. The third-order valence-corrected chi connectivity index (χ3v) is 4.54. The van der Waals surface area contributed by atoms with Gasteiger partial charge in [0.05, 0.1) is 17.9 Å². The molecule has 112 valence electrons. The van der Waals surface area contributed by atoms with Crippen molar-refractivity contribution >= 4 is 0 Å². The summed E-state index contributed by atoms with van der Waals surface area (Å²) in [5.74, 6) is 0.912. The molecule has 4 heteroatoms. The molecule has 1 aliphatic heterocycles. The van der Waals surface area contributed by atoms with Crippen molar-refractivity contribution in [1.82, 2.24) is 9.88 Å². The van der Waals surface area contributed by atoms with E-state index < -0.39 is 0 Å². The molecule has 0 amide bonds. The maximum absolute atomic E-state index is 12.9. The van der Waals surface area contributed by atoms with Crippen molar-refractivity contribution in [1.29, 1.82) is 0 Å². The Balaban J connectivity index is 1.85. The lowest BCUT2D eigenvalue weighted by Gasteiger charge is -2.34. The van der Waals surface area contributed by atoms with Crippen LogP contribution in [0.25, 0.3) is 0 Å². The van der Waals surface area contributed by atoms with Crippen molar-refractivity contribution in [2.24, 2.45) is 17.6 Å². The molecule has 2 heterocycles. The zero-order valence-electron chi connectivity index (χ0n) is 12.6. The Morgan fingerprint density at radius 2 is 2.10 bits per heavy atom. The summed E-state index contributed by atoms with van der Waals surface area (Å²) < 4.78 is 12.9. The normalized spacial score (nSPS) is 20.8. The van der Waals surface area contributed by atoms with Gasteiger partial charge in [0, 0.05) is 6.54 Å². The fourth-order valence-corrected chi connectivity index (χ4v) is 2.97. The molecule has 0 bridgehead atoms. The first kappa shape index (κ1) is 15.4. The molecular weight excluding hydrogens is 253 g/mol. The fraction of sp³-hybridized carbons (Fsp3) is 0.688. The number of rotatable bonds is 5. The first-order chi connectivity index (χ1) is 9.60. The Morgan fingerprint density at radius 3 is 2.65 bits per heavy atom. The predicted octanol–water partition coefficient (Wildman–Crippen LogP) is 2.98. The predicted molar refractivity (Wildman–Crippen MR) is 79.7 cm³/mol. The van der Waals surface area contributed by atoms with Gasteiger partial charge in [-0.3, -0.25) is 4.98 Å². The molecule has 20 heavy (non-hydrogen) atoms. The van der Waals surface area contributed by atoms with E-state index in [0.29, 0.717) is 5.92 Å². The van der Waals surface area contributed by atoms with Gasteiger partial charge in [-0.15, -0.1) is 0 Å². The van der Waals surface area contributed by atoms with E-state index in [1.54, 1.807) is 6.07 Å². The van der Waals surface area contributed by atoms with Gasteiger partial charge in [-0.05, 0) is 49.9 Å². The van der Waals surface area contributed by atoms with Crippen LogP contribution in [0.15, 0.2) is 18.3 Å². The van der Waals surface area contributed by atoms with Gasteiger partial charge >= 0.3 is 0 Å². The summed E-state index contributed by atoms with van der Waals surface area (Å²) >= 11 is 0. The number of pyridine rings is 1. The molecular formula is C16H26FN3. The Morgan fingerprint density at radius 1 is 1.40 bits per heavy atom. The van der Waals surface area contributed by atoms with Gasteiger partial charge in [-0.1, -0.05) is 20.3 Å². The van der Waals surface area contributed by atoms with Crippen molar-refractivity contribution in [2.75, 3.05) is 19.6 Å². The minimum atomic E-state index is -0.310. The molecule has 1 aliphatic rings. The maximum Gasteiger partial charge on any atom is 0.141 e. The maximum atomic E-state index is 12.9.